The number of hydrogen-bond donors (Lipinski definition) is 4. The molecular weight excluding hydrogens is 346 g/mol. The highest BCUT2D eigenvalue weighted by atomic mass is 16.5. The maximum atomic E-state index is 5.48. The fourth-order valence-electron chi connectivity index (χ4n) is 2.04. The summed E-state index contributed by atoms with van der Waals surface area (Å²) >= 11 is 0. The second-order valence-electron chi connectivity index (χ2n) is 5.41. The van der Waals surface area contributed by atoms with Gasteiger partial charge in [0.15, 0.2) is 0 Å². The van der Waals surface area contributed by atoms with E-state index in [1.54, 1.807) is 6.08 Å². The van der Waals surface area contributed by atoms with E-state index in [0.717, 1.165) is 5.69 Å². The second-order valence-corrected chi connectivity index (χ2v) is 5.41. The van der Waals surface area contributed by atoms with Crippen LogP contribution >= 0.6 is 0 Å². The third kappa shape index (κ3) is 8.45. The van der Waals surface area contributed by atoms with Gasteiger partial charge in [0.05, 0.1) is 26.4 Å². The first-order valence-corrected chi connectivity index (χ1v) is 8.84. The molecule has 0 fully saturated rings. The summed E-state index contributed by atoms with van der Waals surface area (Å²) in [5.74, 6) is 1.36. The van der Waals surface area contributed by atoms with Gasteiger partial charge in [-0.3, -0.25) is 0 Å². The monoisotopic (exact) mass is 373 g/mol. The molecule has 2 aromatic rings. The van der Waals surface area contributed by atoms with Gasteiger partial charge in [-0.2, -0.15) is 15.0 Å². The van der Waals surface area contributed by atoms with E-state index in [9.17, 15) is 0 Å². The van der Waals surface area contributed by atoms with Gasteiger partial charge in [0.2, 0.25) is 17.8 Å². The van der Waals surface area contributed by atoms with Gasteiger partial charge in [0.25, 0.3) is 0 Å². The first kappa shape index (κ1) is 20.6. The molecule has 0 bridgehead atoms. The van der Waals surface area contributed by atoms with Gasteiger partial charge in [-0.15, -0.1) is 6.58 Å². The highest BCUT2D eigenvalue weighted by Gasteiger charge is 2.06. The standard InChI is InChI=1S/C18H27N7O2/c1-2-9-20-16-23-17(21-10-12-27-14-13-26-11-8-19)25-18(24-16)22-15-6-4-3-5-7-15/h2-7H,1,8-14,19H2,(H3,20,21,22,23,24,25). The van der Waals surface area contributed by atoms with Crippen LogP contribution in [0, 0.1) is 0 Å². The zero-order valence-corrected chi connectivity index (χ0v) is 15.4. The molecule has 0 saturated heterocycles. The topological polar surface area (TPSA) is 119 Å². The maximum Gasteiger partial charge on any atom is 0.233 e. The highest BCUT2D eigenvalue weighted by Crippen LogP contribution is 2.15. The van der Waals surface area contributed by atoms with Crippen molar-refractivity contribution in [2.24, 2.45) is 5.73 Å². The summed E-state index contributed by atoms with van der Waals surface area (Å²) in [5, 5.41) is 9.37. The molecule has 9 nitrogen and oxygen atoms in total. The fourth-order valence-corrected chi connectivity index (χ4v) is 2.04. The quantitative estimate of drug-likeness (QED) is 0.289. The van der Waals surface area contributed by atoms with Crippen molar-refractivity contribution >= 4 is 23.5 Å². The largest absolute Gasteiger partial charge is 0.378 e. The van der Waals surface area contributed by atoms with Crippen LogP contribution in [0.5, 0.6) is 0 Å². The molecule has 146 valence electrons. The van der Waals surface area contributed by atoms with Crippen molar-refractivity contribution in [2.75, 3.05) is 62.0 Å². The molecule has 27 heavy (non-hydrogen) atoms. The fraction of sp³-hybridized carbons (Fsp3) is 0.389. The minimum atomic E-state index is 0.446. The van der Waals surface area contributed by atoms with E-state index in [-0.39, 0.29) is 0 Å². The van der Waals surface area contributed by atoms with Gasteiger partial charge in [0, 0.05) is 25.3 Å². The zero-order chi connectivity index (χ0) is 19.2. The van der Waals surface area contributed by atoms with Crippen molar-refractivity contribution in [3.8, 4) is 0 Å². The predicted octanol–water partition coefficient (Wildman–Crippen LogP) is 1.62. The van der Waals surface area contributed by atoms with Crippen molar-refractivity contribution in [2.45, 2.75) is 0 Å². The Kier molecular flexibility index (Phi) is 9.58. The summed E-state index contributed by atoms with van der Waals surface area (Å²) in [6.07, 6.45) is 1.74. The molecular formula is C18H27N7O2. The number of hydrogen-bond acceptors (Lipinski definition) is 9. The van der Waals surface area contributed by atoms with E-state index in [1.165, 1.54) is 0 Å². The summed E-state index contributed by atoms with van der Waals surface area (Å²) in [6.45, 7) is 7.43. The Balaban J connectivity index is 1.87. The average molecular weight is 373 g/mol. The van der Waals surface area contributed by atoms with E-state index in [4.69, 9.17) is 15.2 Å². The first-order valence-electron chi connectivity index (χ1n) is 8.84. The van der Waals surface area contributed by atoms with Gasteiger partial charge in [-0.1, -0.05) is 24.3 Å². The number of benzene rings is 1. The van der Waals surface area contributed by atoms with Crippen LogP contribution in [0.2, 0.25) is 0 Å². The summed E-state index contributed by atoms with van der Waals surface area (Å²) in [5.41, 5.74) is 6.24. The number of anilines is 4. The molecule has 1 aromatic heterocycles. The normalized spacial score (nSPS) is 10.4. The highest BCUT2D eigenvalue weighted by molar-refractivity contribution is 5.55. The lowest BCUT2D eigenvalue weighted by molar-refractivity contribution is 0.0547. The second kappa shape index (κ2) is 12.6. The number of ether oxygens (including phenoxy) is 2. The van der Waals surface area contributed by atoms with Gasteiger partial charge >= 0.3 is 0 Å². The van der Waals surface area contributed by atoms with Crippen LogP contribution in [0.3, 0.4) is 0 Å². The third-order valence-electron chi connectivity index (χ3n) is 3.23. The van der Waals surface area contributed by atoms with Crippen molar-refractivity contribution < 1.29 is 9.47 Å². The lowest BCUT2D eigenvalue weighted by atomic mass is 10.3. The molecule has 0 aliphatic rings. The summed E-state index contributed by atoms with van der Waals surface area (Å²) in [7, 11) is 0. The smallest absolute Gasteiger partial charge is 0.233 e. The van der Waals surface area contributed by atoms with E-state index < -0.39 is 0 Å². The van der Waals surface area contributed by atoms with Crippen molar-refractivity contribution in [3.63, 3.8) is 0 Å². The number of nitrogens with two attached hydrogens (primary N) is 1. The Hall–Kier alpha value is -2.75. The van der Waals surface area contributed by atoms with Crippen LogP contribution in [0.1, 0.15) is 0 Å². The van der Waals surface area contributed by atoms with Gasteiger partial charge in [-0.25, -0.2) is 0 Å². The lowest BCUT2D eigenvalue weighted by Crippen LogP contribution is -2.17. The summed E-state index contributed by atoms with van der Waals surface area (Å²) < 4.78 is 10.7. The molecule has 0 aliphatic carbocycles. The molecule has 0 aliphatic heterocycles. The van der Waals surface area contributed by atoms with Crippen LogP contribution in [0.15, 0.2) is 43.0 Å². The third-order valence-corrected chi connectivity index (χ3v) is 3.23. The van der Waals surface area contributed by atoms with E-state index >= 15 is 0 Å². The molecule has 2 rings (SSSR count). The molecule has 0 amide bonds. The Morgan fingerprint density at radius 3 is 2.26 bits per heavy atom. The Morgan fingerprint density at radius 1 is 0.889 bits per heavy atom. The van der Waals surface area contributed by atoms with Crippen molar-refractivity contribution in [1.29, 1.82) is 0 Å². The maximum absolute atomic E-state index is 5.48. The van der Waals surface area contributed by atoms with E-state index in [0.29, 0.717) is 63.9 Å². The van der Waals surface area contributed by atoms with Gasteiger partial charge < -0.3 is 31.2 Å². The van der Waals surface area contributed by atoms with Crippen LogP contribution in [-0.2, 0) is 9.47 Å². The van der Waals surface area contributed by atoms with Gasteiger partial charge in [-0.05, 0) is 12.1 Å². The summed E-state index contributed by atoms with van der Waals surface area (Å²) in [6, 6.07) is 9.70. The van der Waals surface area contributed by atoms with Crippen molar-refractivity contribution in [3.05, 3.63) is 43.0 Å². The summed E-state index contributed by atoms with van der Waals surface area (Å²) in [4.78, 5) is 13.1. The SMILES string of the molecule is C=CCNc1nc(NCCOCCOCCN)nc(Nc2ccccc2)n1. The molecule has 1 heterocycles. The predicted molar refractivity (Wildman–Crippen MR) is 107 cm³/mol. The van der Waals surface area contributed by atoms with Crippen LogP contribution in [0.25, 0.3) is 0 Å². The van der Waals surface area contributed by atoms with E-state index in [1.807, 2.05) is 30.3 Å². The molecule has 0 spiro atoms. The number of nitrogens with one attached hydrogen (secondary N) is 3. The zero-order valence-electron chi connectivity index (χ0n) is 15.4. The van der Waals surface area contributed by atoms with Crippen molar-refractivity contribution in [1.82, 2.24) is 15.0 Å². The molecule has 0 atom stereocenters. The molecule has 0 unspecified atom stereocenters. The van der Waals surface area contributed by atoms with Crippen LogP contribution < -0.4 is 21.7 Å². The van der Waals surface area contributed by atoms with Gasteiger partial charge in [0.1, 0.15) is 0 Å². The van der Waals surface area contributed by atoms with Crippen LogP contribution in [0.4, 0.5) is 23.5 Å². The Labute approximate surface area is 159 Å². The molecule has 0 saturated carbocycles. The average Bonchev–Trinajstić information content (AvgIpc) is 2.69. The Morgan fingerprint density at radius 2 is 1.56 bits per heavy atom. The van der Waals surface area contributed by atoms with Crippen LogP contribution in [-0.4, -0.2) is 61.0 Å². The molecule has 5 N–H and O–H groups in total. The minimum absolute atomic E-state index is 0.446. The minimum Gasteiger partial charge on any atom is -0.378 e. The number of aromatic nitrogens is 3. The molecule has 0 radical (unpaired) electrons. The number of nitrogens with zero attached hydrogens (tertiary/aromatic N) is 3. The molecule has 1 aromatic carbocycles. The lowest BCUT2D eigenvalue weighted by Gasteiger charge is -2.11. The number of para-hydroxylation sites is 1. The Bertz CT molecular complexity index is 670. The molecule has 9 heteroatoms. The van der Waals surface area contributed by atoms with E-state index in [2.05, 4.69) is 37.5 Å². The first-order chi connectivity index (χ1) is 13.3. The number of rotatable bonds is 14.